The lowest BCUT2D eigenvalue weighted by molar-refractivity contribution is 0.201. The van der Waals surface area contributed by atoms with Gasteiger partial charge in [0, 0.05) is 11.8 Å². The van der Waals surface area contributed by atoms with Crippen molar-refractivity contribution in [3.05, 3.63) is 24.3 Å². The van der Waals surface area contributed by atoms with Crippen molar-refractivity contribution in [1.29, 1.82) is 0 Å². The summed E-state index contributed by atoms with van der Waals surface area (Å²) in [7, 11) is -3.50. The van der Waals surface area contributed by atoms with E-state index in [1.54, 1.807) is 23.9 Å². The third-order valence-corrected chi connectivity index (χ3v) is 4.95. The first-order chi connectivity index (χ1) is 9.53. The van der Waals surface area contributed by atoms with Crippen molar-refractivity contribution in [3.63, 3.8) is 0 Å². The molecule has 0 aliphatic heterocycles. The Bertz CT molecular complexity index is 488. The highest BCUT2D eigenvalue weighted by Crippen LogP contribution is 2.17. The molecular weight excluding hydrogens is 298 g/mol. The van der Waals surface area contributed by atoms with Crippen molar-refractivity contribution < 1.29 is 18.3 Å². The normalized spacial score (nSPS) is 13.2. The first kappa shape index (κ1) is 17.3. The van der Waals surface area contributed by atoms with Crippen LogP contribution in [0.1, 0.15) is 13.3 Å². The van der Waals surface area contributed by atoms with E-state index in [4.69, 9.17) is 9.84 Å². The second kappa shape index (κ2) is 8.51. The fraction of sp³-hybridized carbons (Fsp3) is 0.538. The minimum Gasteiger partial charge on any atom is -0.491 e. The molecule has 1 aromatic carbocycles. The van der Waals surface area contributed by atoms with E-state index in [9.17, 15) is 8.42 Å². The number of aliphatic hydroxyl groups is 1. The molecule has 0 bridgehead atoms. The minimum absolute atomic E-state index is 0.0692. The Morgan fingerprint density at radius 2 is 2.00 bits per heavy atom. The Balaban J connectivity index is 2.76. The average Bonchev–Trinajstić information content (AvgIpc) is 2.45. The van der Waals surface area contributed by atoms with Gasteiger partial charge in [-0.25, -0.2) is 13.1 Å². The van der Waals surface area contributed by atoms with Crippen molar-refractivity contribution in [2.24, 2.45) is 0 Å². The first-order valence-corrected chi connectivity index (χ1v) is 9.26. The molecule has 20 heavy (non-hydrogen) atoms. The second-order valence-corrected chi connectivity index (χ2v) is 6.85. The lowest BCUT2D eigenvalue weighted by atomic mass is 10.3. The number of hydrogen-bond acceptors (Lipinski definition) is 5. The molecule has 0 aromatic heterocycles. The lowest BCUT2D eigenvalue weighted by Crippen LogP contribution is -2.36. The minimum atomic E-state index is -3.50. The number of benzene rings is 1. The Morgan fingerprint density at radius 1 is 1.35 bits per heavy atom. The smallest absolute Gasteiger partial charge is 0.240 e. The number of sulfonamides is 1. The van der Waals surface area contributed by atoms with Crippen LogP contribution >= 0.6 is 11.8 Å². The number of thioether (sulfide) groups is 1. The highest BCUT2D eigenvalue weighted by atomic mass is 32.2. The molecule has 0 aliphatic carbocycles. The maximum Gasteiger partial charge on any atom is 0.240 e. The van der Waals surface area contributed by atoms with Crippen LogP contribution in [0.15, 0.2) is 29.2 Å². The van der Waals surface area contributed by atoms with Gasteiger partial charge in [-0.05, 0) is 36.9 Å². The molecule has 2 N–H and O–H groups in total. The molecule has 0 saturated carbocycles. The van der Waals surface area contributed by atoms with Crippen LogP contribution in [0.3, 0.4) is 0 Å². The molecule has 1 rings (SSSR count). The van der Waals surface area contributed by atoms with Crippen LogP contribution in [-0.2, 0) is 10.0 Å². The van der Waals surface area contributed by atoms with Crippen LogP contribution < -0.4 is 9.46 Å². The molecular formula is C13H21NO4S2. The van der Waals surface area contributed by atoms with Crippen molar-refractivity contribution in [2.45, 2.75) is 24.3 Å². The Hall–Kier alpha value is -0.760. The van der Waals surface area contributed by atoms with Gasteiger partial charge >= 0.3 is 0 Å². The van der Waals surface area contributed by atoms with Crippen LogP contribution in [-0.4, -0.2) is 44.8 Å². The summed E-state index contributed by atoms with van der Waals surface area (Å²) in [5.41, 5.74) is 0. The average molecular weight is 319 g/mol. The summed E-state index contributed by atoms with van der Waals surface area (Å²) in [6, 6.07) is 6.10. The first-order valence-electron chi connectivity index (χ1n) is 6.38. The van der Waals surface area contributed by atoms with Gasteiger partial charge in [0.15, 0.2) is 0 Å². The summed E-state index contributed by atoms with van der Waals surface area (Å²) in [5.74, 6) is 1.28. The van der Waals surface area contributed by atoms with Gasteiger partial charge in [-0.3, -0.25) is 0 Å². The summed E-state index contributed by atoms with van der Waals surface area (Å²) in [6.07, 6.45) is 2.70. The van der Waals surface area contributed by atoms with Crippen molar-refractivity contribution in [3.8, 4) is 5.75 Å². The maximum atomic E-state index is 12.2. The molecule has 0 aliphatic rings. The van der Waals surface area contributed by atoms with Crippen molar-refractivity contribution in [1.82, 2.24) is 4.72 Å². The van der Waals surface area contributed by atoms with Gasteiger partial charge in [0.05, 0.1) is 11.5 Å². The van der Waals surface area contributed by atoms with E-state index in [-0.39, 0.29) is 24.2 Å². The topological polar surface area (TPSA) is 75.6 Å². The zero-order chi connectivity index (χ0) is 15.0. The Kier molecular flexibility index (Phi) is 7.36. The van der Waals surface area contributed by atoms with E-state index < -0.39 is 10.0 Å². The molecule has 0 spiro atoms. The molecule has 7 heteroatoms. The molecule has 0 radical (unpaired) electrons. The molecule has 1 aromatic rings. The summed E-state index contributed by atoms with van der Waals surface area (Å²) >= 11 is 1.61. The zero-order valence-corrected chi connectivity index (χ0v) is 13.3. The van der Waals surface area contributed by atoms with Gasteiger partial charge in [0.1, 0.15) is 12.4 Å². The summed E-state index contributed by atoms with van der Waals surface area (Å²) in [5, 5.41) is 8.66. The number of hydrogen-bond donors (Lipinski definition) is 2. The van der Waals surface area contributed by atoms with Crippen molar-refractivity contribution in [2.75, 3.05) is 25.2 Å². The molecule has 0 fully saturated rings. The van der Waals surface area contributed by atoms with Crippen LogP contribution in [0.4, 0.5) is 0 Å². The van der Waals surface area contributed by atoms with Crippen LogP contribution in [0, 0.1) is 0 Å². The van der Waals surface area contributed by atoms with Gasteiger partial charge in [0.2, 0.25) is 10.0 Å². The lowest BCUT2D eigenvalue weighted by Gasteiger charge is -2.16. The van der Waals surface area contributed by atoms with Gasteiger partial charge < -0.3 is 9.84 Å². The summed E-state index contributed by atoms with van der Waals surface area (Å²) in [4.78, 5) is 0.216. The third kappa shape index (κ3) is 5.32. The van der Waals surface area contributed by atoms with Crippen LogP contribution in [0.2, 0.25) is 0 Å². The molecule has 5 nitrogen and oxygen atoms in total. The predicted octanol–water partition coefficient (Wildman–Crippen LogP) is 1.48. The molecule has 1 atom stereocenters. The number of rotatable bonds is 9. The third-order valence-electron chi connectivity index (χ3n) is 2.68. The largest absolute Gasteiger partial charge is 0.491 e. The van der Waals surface area contributed by atoms with Gasteiger partial charge in [-0.15, -0.1) is 0 Å². The van der Waals surface area contributed by atoms with Crippen LogP contribution in [0.25, 0.3) is 0 Å². The quantitative estimate of drug-likeness (QED) is 0.721. The Morgan fingerprint density at radius 3 is 2.50 bits per heavy atom. The SMILES string of the molecule is CCC(CSC)NS(=O)(=O)c1ccc(OCCO)cc1. The molecule has 1 unspecified atom stereocenters. The predicted molar refractivity (Wildman–Crippen MR) is 81.8 cm³/mol. The second-order valence-electron chi connectivity index (χ2n) is 4.23. The van der Waals surface area contributed by atoms with Gasteiger partial charge in [0.25, 0.3) is 0 Å². The van der Waals surface area contributed by atoms with Gasteiger partial charge in [-0.1, -0.05) is 6.92 Å². The monoisotopic (exact) mass is 319 g/mol. The van der Waals surface area contributed by atoms with Crippen molar-refractivity contribution >= 4 is 21.8 Å². The Labute approximate surface area is 124 Å². The number of aliphatic hydroxyl groups excluding tert-OH is 1. The highest BCUT2D eigenvalue weighted by Gasteiger charge is 2.18. The maximum absolute atomic E-state index is 12.2. The van der Waals surface area contributed by atoms with E-state index in [2.05, 4.69) is 4.72 Å². The molecule has 0 amide bonds. The van der Waals surface area contributed by atoms with E-state index >= 15 is 0 Å². The van der Waals surface area contributed by atoms with E-state index in [0.29, 0.717) is 5.75 Å². The van der Waals surface area contributed by atoms with E-state index in [1.807, 2.05) is 13.2 Å². The van der Waals surface area contributed by atoms with Crippen LogP contribution in [0.5, 0.6) is 5.75 Å². The number of nitrogens with one attached hydrogen (secondary N) is 1. The standard InChI is InChI=1S/C13H21NO4S2/c1-3-11(10-19-2)14-20(16,17)13-6-4-12(5-7-13)18-9-8-15/h4-7,11,14-15H,3,8-10H2,1-2H3. The fourth-order valence-corrected chi connectivity index (χ4v) is 3.75. The zero-order valence-electron chi connectivity index (χ0n) is 11.7. The van der Waals surface area contributed by atoms with E-state index in [0.717, 1.165) is 12.2 Å². The fourth-order valence-electron chi connectivity index (χ4n) is 1.60. The molecule has 114 valence electrons. The summed E-state index contributed by atoms with van der Waals surface area (Å²) < 4.78 is 32.3. The highest BCUT2D eigenvalue weighted by molar-refractivity contribution is 7.98. The number of ether oxygens (including phenoxy) is 1. The molecule has 0 heterocycles. The summed E-state index contributed by atoms with van der Waals surface area (Å²) in [6.45, 7) is 2.07. The van der Waals surface area contributed by atoms with E-state index in [1.165, 1.54) is 12.1 Å². The molecule has 0 saturated heterocycles. The van der Waals surface area contributed by atoms with Gasteiger partial charge in [-0.2, -0.15) is 11.8 Å².